The molecule has 1 rings (SSSR count). The van der Waals surface area contributed by atoms with Crippen molar-refractivity contribution in [3.05, 3.63) is 0 Å². The van der Waals surface area contributed by atoms with Gasteiger partial charge in [0.05, 0.1) is 11.5 Å². The molecule has 0 spiro atoms. The second kappa shape index (κ2) is 6.00. The summed E-state index contributed by atoms with van der Waals surface area (Å²) in [5.41, 5.74) is 5.30. The zero-order chi connectivity index (χ0) is 12.9. The summed E-state index contributed by atoms with van der Waals surface area (Å²) >= 11 is 0. The van der Waals surface area contributed by atoms with Crippen molar-refractivity contribution < 1.29 is 14.7 Å². The molecule has 0 aromatic carbocycles. The fourth-order valence-corrected chi connectivity index (χ4v) is 2.14. The van der Waals surface area contributed by atoms with Gasteiger partial charge >= 0.3 is 5.97 Å². The first-order chi connectivity index (χ1) is 7.96. The van der Waals surface area contributed by atoms with E-state index >= 15 is 0 Å². The summed E-state index contributed by atoms with van der Waals surface area (Å²) in [6.45, 7) is 2.18. The number of rotatable bonds is 6. The molecule has 0 aromatic rings. The largest absolute Gasteiger partial charge is 0.481 e. The van der Waals surface area contributed by atoms with Crippen molar-refractivity contribution in [2.75, 3.05) is 6.54 Å². The summed E-state index contributed by atoms with van der Waals surface area (Å²) < 4.78 is 0. The lowest BCUT2D eigenvalue weighted by Gasteiger charge is -2.22. The summed E-state index contributed by atoms with van der Waals surface area (Å²) in [7, 11) is 0. The first kappa shape index (κ1) is 14.0. The number of carbonyl (C=O) groups excluding carboxylic acids is 1. The van der Waals surface area contributed by atoms with E-state index in [1.807, 2.05) is 0 Å². The highest BCUT2D eigenvalue weighted by molar-refractivity contribution is 5.86. The molecule has 0 aliphatic heterocycles. The maximum atomic E-state index is 11.8. The van der Waals surface area contributed by atoms with Crippen molar-refractivity contribution in [1.29, 1.82) is 0 Å². The fourth-order valence-electron chi connectivity index (χ4n) is 2.14. The highest BCUT2D eigenvalue weighted by Gasteiger charge is 2.36. The number of nitrogens with one attached hydrogen (secondary N) is 1. The van der Waals surface area contributed by atoms with Crippen LogP contribution in [0.5, 0.6) is 0 Å². The van der Waals surface area contributed by atoms with Crippen molar-refractivity contribution in [1.82, 2.24) is 5.32 Å². The van der Waals surface area contributed by atoms with Gasteiger partial charge in [0.1, 0.15) is 0 Å². The number of carboxylic acids is 1. The summed E-state index contributed by atoms with van der Waals surface area (Å²) in [5, 5.41) is 11.5. The smallest absolute Gasteiger partial charge is 0.306 e. The van der Waals surface area contributed by atoms with Gasteiger partial charge in [-0.3, -0.25) is 9.59 Å². The lowest BCUT2D eigenvalue weighted by Crippen LogP contribution is -2.52. The van der Waals surface area contributed by atoms with Crippen molar-refractivity contribution in [2.24, 2.45) is 11.7 Å². The fraction of sp³-hybridized carbons (Fsp3) is 0.833. The molecule has 0 saturated heterocycles. The highest BCUT2D eigenvalue weighted by Crippen LogP contribution is 2.27. The summed E-state index contributed by atoms with van der Waals surface area (Å²) in [6.07, 6.45) is 4.79. The minimum Gasteiger partial charge on any atom is -0.481 e. The molecule has 4 N–H and O–H groups in total. The predicted octanol–water partition coefficient (Wildman–Crippen LogP) is 0.875. The molecule has 0 heterocycles. The number of carboxylic acid groups (broad SMARTS) is 1. The van der Waals surface area contributed by atoms with Crippen LogP contribution >= 0.6 is 0 Å². The Kier molecular flexibility index (Phi) is 4.93. The molecule has 17 heavy (non-hydrogen) atoms. The first-order valence-electron chi connectivity index (χ1n) is 6.26. The van der Waals surface area contributed by atoms with Gasteiger partial charge in [-0.05, 0) is 25.7 Å². The number of hydrogen-bond donors (Lipinski definition) is 3. The summed E-state index contributed by atoms with van der Waals surface area (Å²) in [4.78, 5) is 22.4. The van der Waals surface area contributed by atoms with Crippen LogP contribution in [0.3, 0.4) is 0 Å². The normalized spacial score (nSPS) is 19.9. The van der Waals surface area contributed by atoms with E-state index in [1.54, 1.807) is 6.92 Å². The minimum atomic E-state index is -0.789. The van der Waals surface area contributed by atoms with Crippen LogP contribution in [-0.4, -0.2) is 29.1 Å². The molecule has 5 heteroatoms. The van der Waals surface area contributed by atoms with Crippen LogP contribution in [-0.2, 0) is 9.59 Å². The first-order valence-corrected chi connectivity index (χ1v) is 6.26. The Morgan fingerprint density at radius 1 is 1.41 bits per heavy atom. The van der Waals surface area contributed by atoms with Crippen LogP contribution < -0.4 is 11.1 Å². The zero-order valence-electron chi connectivity index (χ0n) is 10.4. The number of carbonyl (C=O) groups is 2. The average molecular weight is 242 g/mol. The summed E-state index contributed by atoms with van der Waals surface area (Å²) in [5.74, 6) is -1.23. The highest BCUT2D eigenvalue weighted by atomic mass is 16.4. The van der Waals surface area contributed by atoms with Crippen LogP contribution in [0, 0.1) is 5.92 Å². The molecule has 1 unspecified atom stereocenters. The third-order valence-electron chi connectivity index (χ3n) is 3.47. The molecule has 0 bridgehead atoms. The van der Waals surface area contributed by atoms with Crippen LogP contribution in [0.25, 0.3) is 0 Å². The molecule has 0 radical (unpaired) electrons. The lowest BCUT2D eigenvalue weighted by atomic mass is 9.98. The van der Waals surface area contributed by atoms with Crippen LogP contribution in [0.4, 0.5) is 0 Å². The van der Waals surface area contributed by atoms with Gasteiger partial charge in [-0.2, -0.15) is 0 Å². The molecule has 5 nitrogen and oxygen atoms in total. The number of amides is 1. The molecule has 1 atom stereocenters. The molecule has 1 amide bonds. The van der Waals surface area contributed by atoms with E-state index in [4.69, 9.17) is 10.8 Å². The van der Waals surface area contributed by atoms with E-state index in [2.05, 4.69) is 5.32 Å². The van der Waals surface area contributed by atoms with E-state index in [0.717, 1.165) is 25.7 Å². The molecule has 1 aliphatic carbocycles. The molecule has 1 aliphatic rings. The van der Waals surface area contributed by atoms with Crippen molar-refractivity contribution in [2.45, 2.75) is 51.0 Å². The van der Waals surface area contributed by atoms with E-state index < -0.39 is 11.5 Å². The maximum Gasteiger partial charge on any atom is 0.306 e. The molecular formula is C12H22N2O3. The summed E-state index contributed by atoms with van der Waals surface area (Å²) in [6, 6.07) is 0. The monoisotopic (exact) mass is 242 g/mol. The standard InChI is InChI=1S/C12H22N2O3/c1-9(10(15)16)5-4-8-14-11(17)12(13)6-2-3-7-12/h9H,2-8,13H2,1H3,(H,14,17)(H,15,16). The van der Waals surface area contributed by atoms with Gasteiger partial charge in [-0.25, -0.2) is 0 Å². The Hall–Kier alpha value is -1.10. The second-order valence-electron chi connectivity index (χ2n) is 5.00. The third kappa shape index (κ3) is 4.00. The average Bonchev–Trinajstić information content (AvgIpc) is 2.72. The van der Waals surface area contributed by atoms with Crippen LogP contribution in [0.15, 0.2) is 0 Å². The Labute approximate surface area is 102 Å². The Balaban J connectivity index is 2.18. The lowest BCUT2D eigenvalue weighted by molar-refractivity contribution is -0.141. The number of nitrogens with two attached hydrogens (primary N) is 1. The SMILES string of the molecule is CC(CCCNC(=O)C1(N)CCCC1)C(=O)O. The quantitative estimate of drug-likeness (QED) is 0.603. The number of hydrogen-bond acceptors (Lipinski definition) is 3. The van der Waals surface area contributed by atoms with Gasteiger partial charge in [-0.1, -0.05) is 19.8 Å². The van der Waals surface area contributed by atoms with Crippen molar-refractivity contribution in [3.8, 4) is 0 Å². The molecule has 98 valence electrons. The van der Waals surface area contributed by atoms with Crippen LogP contribution in [0.2, 0.25) is 0 Å². The number of aliphatic carboxylic acids is 1. The Morgan fingerprint density at radius 2 is 2.00 bits per heavy atom. The second-order valence-corrected chi connectivity index (χ2v) is 5.00. The van der Waals surface area contributed by atoms with Crippen molar-refractivity contribution in [3.63, 3.8) is 0 Å². The van der Waals surface area contributed by atoms with Gasteiger partial charge in [-0.15, -0.1) is 0 Å². The van der Waals surface area contributed by atoms with Gasteiger partial charge < -0.3 is 16.2 Å². The van der Waals surface area contributed by atoms with E-state index in [9.17, 15) is 9.59 Å². The molecular weight excluding hydrogens is 220 g/mol. The Morgan fingerprint density at radius 3 is 2.53 bits per heavy atom. The predicted molar refractivity (Wildman–Crippen MR) is 64.4 cm³/mol. The maximum absolute atomic E-state index is 11.8. The third-order valence-corrected chi connectivity index (χ3v) is 3.47. The minimum absolute atomic E-state index is 0.0852. The van der Waals surface area contributed by atoms with Crippen LogP contribution in [0.1, 0.15) is 45.4 Å². The van der Waals surface area contributed by atoms with E-state index in [-0.39, 0.29) is 11.8 Å². The Bertz CT molecular complexity index is 285. The topological polar surface area (TPSA) is 92.4 Å². The van der Waals surface area contributed by atoms with Gasteiger partial charge in [0.15, 0.2) is 0 Å². The van der Waals surface area contributed by atoms with Gasteiger partial charge in [0.2, 0.25) is 5.91 Å². The van der Waals surface area contributed by atoms with E-state index in [0.29, 0.717) is 19.4 Å². The molecule has 1 saturated carbocycles. The zero-order valence-corrected chi connectivity index (χ0v) is 10.4. The molecule has 0 aromatic heterocycles. The van der Waals surface area contributed by atoms with E-state index in [1.165, 1.54) is 0 Å². The van der Waals surface area contributed by atoms with Gasteiger partial charge in [0.25, 0.3) is 0 Å². The van der Waals surface area contributed by atoms with Gasteiger partial charge in [0, 0.05) is 6.54 Å². The molecule has 1 fully saturated rings. The van der Waals surface area contributed by atoms with Crippen molar-refractivity contribution >= 4 is 11.9 Å².